The molecule has 1 atom stereocenters. The van der Waals surface area contributed by atoms with E-state index in [0.717, 1.165) is 28.9 Å². The minimum atomic E-state index is -0.0616. The summed E-state index contributed by atoms with van der Waals surface area (Å²) in [5, 5.41) is 3.12. The highest BCUT2D eigenvalue weighted by Gasteiger charge is 2.24. The van der Waals surface area contributed by atoms with E-state index in [2.05, 4.69) is 38.3 Å². The highest BCUT2D eigenvalue weighted by Crippen LogP contribution is 2.26. The van der Waals surface area contributed by atoms with E-state index in [4.69, 9.17) is 4.74 Å². The smallest absolute Gasteiger partial charge is 0.317 e. The molecule has 0 saturated carbocycles. The molecule has 1 saturated heterocycles. The number of methoxy groups -OCH3 is 1. The highest BCUT2D eigenvalue weighted by atomic mass is 79.9. The van der Waals surface area contributed by atoms with Crippen molar-refractivity contribution in [2.45, 2.75) is 25.4 Å². The lowest BCUT2D eigenvalue weighted by Gasteiger charge is -2.29. The number of halogens is 1. The zero-order valence-electron chi connectivity index (χ0n) is 16.5. The van der Waals surface area contributed by atoms with E-state index in [9.17, 15) is 4.79 Å². The first-order chi connectivity index (χ1) is 13.6. The first-order valence-electron chi connectivity index (χ1n) is 9.69. The van der Waals surface area contributed by atoms with Crippen molar-refractivity contribution in [3.63, 3.8) is 0 Å². The summed E-state index contributed by atoms with van der Waals surface area (Å²) in [5.41, 5.74) is 2.29. The van der Waals surface area contributed by atoms with Gasteiger partial charge in [-0.2, -0.15) is 0 Å². The summed E-state index contributed by atoms with van der Waals surface area (Å²) in [4.78, 5) is 16.8. The van der Waals surface area contributed by atoms with Crippen molar-refractivity contribution >= 4 is 22.0 Å². The molecular formula is C22H28BrN3O2. The summed E-state index contributed by atoms with van der Waals surface area (Å²) in [6.07, 6.45) is 2.42. The number of likely N-dealkylation sites (tertiary alicyclic amines) is 1. The summed E-state index contributed by atoms with van der Waals surface area (Å²) in [6, 6.07) is 16.3. The van der Waals surface area contributed by atoms with E-state index in [0.29, 0.717) is 13.1 Å². The summed E-state index contributed by atoms with van der Waals surface area (Å²) in [6.45, 7) is 3.29. The van der Waals surface area contributed by atoms with Crippen LogP contribution in [0.5, 0.6) is 5.75 Å². The van der Waals surface area contributed by atoms with Gasteiger partial charge in [0, 0.05) is 24.6 Å². The van der Waals surface area contributed by atoms with Crippen LogP contribution >= 0.6 is 15.9 Å². The summed E-state index contributed by atoms with van der Waals surface area (Å²) < 4.78 is 6.29. The van der Waals surface area contributed by atoms with Gasteiger partial charge in [-0.15, -0.1) is 0 Å². The number of carbonyl (C=O) groups excluding carboxylic acids is 1. The molecule has 1 heterocycles. The topological polar surface area (TPSA) is 44.8 Å². The van der Waals surface area contributed by atoms with Crippen LogP contribution < -0.4 is 10.1 Å². The van der Waals surface area contributed by atoms with Crippen LogP contribution in [0.1, 0.15) is 30.0 Å². The van der Waals surface area contributed by atoms with Crippen molar-refractivity contribution in [3.05, 3.63) is 64.1 Å². The monoisotopic (exact) mass is 445 g/mol. The van der Waals surface area contributed by atoms with Gasteiger partial charge in [0.25, 0.3) is 0 Å². The average molecular weight is 446 g/mol. The lowest BCUT2D eigenvalue weighted by Crippen LogP contribution is -2.42. The molecule has 2 aromatic rings. The maximum Gasteiger partial charge on any atom is 0.317 e. The fourth-order valence-corrected chi connectivity index (χ4v) is 4.02. The molecule has 6 heteroatoms. The maximum atomic E-state index is 12.7. The molecule has 0 radical (unpaired) electrons. The van der Waals surface area contributed by atoms with Crippen LogP contribution in [0.4, 0.5) is 4.79 Å². The van der Waals surface area contributed by atoms with Gasteiger partial charge in [0.15, 0.2) is 0 Å². The number of urea groups is 1. The van der Waals surface area contributed by atoms with Crippen molar-refractivity contribution < 1.29 is 9.53 Å². The molecule has 5 nitrogen and oxygen atoms in total. The van der Waals surface area contributed by atoms with E-state index < -0.39 is 0 Å². The Morgan fingerprint density at radius 3 is 2.50 bits per heavy atom. The molecule has 28 heavy (non-hydrogen) atoms. The molecule has 0 bridgehead atoms. The largest absolute Gasteiger partial charge is 0.497 e. The van der Waals surface area contributed by atoms with Crippen molar-refractivity contribution in [1.29, 1.82) is 0 Å². The Morgan fingerprint density at radius 1 is 1.18 bits per heavy atom. The van der Waals surface area contributed by atoms with Gasteiger partial charge < -0.3 is 15.0 Å². The Bertz CT molecular complexity index is 776. The van der Waals surface area contributed by atoms with E-state index >= 15 is 0 Å². The molecular weight excluding hydrogens is 418 g/mol. The van der Waals surface area contributed by atoms with Gasteiger partial charge in [0.2, 0.25) is 0 Å². The first-order valence-corrected chi connectivity index (χ1v) is 10.5. The van der Waals surface area contributed by atoms with Gasteiger partial charge in [0.05, 0.1) is 13.2 Å². The van der Waals surface area contributed by atoms with Gasteiger partial charge >= 0.3 is 6.03 Å². The third kappa shape index (κ3) is 5.26. The van der Waals surface area contributed by atoms with Crippen LogP contribution in [0.15, 0.2) is 53.0 Å². The first kappa shape index (κ1) is 20.7. The molecule has 1 fully saturated rings. The van der Waals surface area contributed by atoms with Crippen molar-refractivity contribution in [2.75, 3.05) is 33.8 Å². The van der Waals surface area contributed by atoms with E-state index in [1.165, 1.54) is 18.4 Å². The number of nitrogens with zero attached hydrogens (tertiary/aromatic N) is 2. The predicted molar refractivity (Wildman–Crippen MR) is 116 cm³/mol. The standard InChI is InChI=1S/C22H28BrN3O2/c1-25(16-18-7-3-4-8-20(18)23)22(27)24-15-21(26-13-5-6-14-26)17-9-11-19(28-2)12-10-17/h3-4,7-12,21H,5-6,13-16H2,1-2H3,(H,24,27). The van der Waals surface area contributed by atoms with E-state index in [-0.39, 0.29) is 12.1 Å². The molecule has 0 spiro atoms. The Hall–Kier alpha value is -2.05. The molecule has 0 aliphatic carbocycles. The van der Waals surface area contributed by atoms with Gasteiger partial charge in [-0.3, -0.25) is 4.90 Å². The number of nitrogens with one attached hydrogen (secondary N) is 1. The third-order valence-electron chi connectivity index (χ3n) is 5.24. The lowest BCUT2D eigenvalue weighted by atomic mass is 10.1. The fourth-order valence-electron chi connectivity index (χ4n) is 3.61. The number of hydrogen-bond acceptors (Lipinski definition) is 3. The van der Waals surface area contributed by atoms with Crippen LogP contribution in [0.25, 0.3) is 0 Å². The van der Waals surface area contributed by atoms with Crippen LogP contribution in [-0.2, 0) is 6.54 Å². The van der Waals surface area contributed by atoms with Crippen molar-refractivity contribution in [2.24, 2.45) is 0 Å². The highest BCUT2D eigenvalue weighted by molar-refractivity contribution is 9.10. The predicted octanol–water partition coefficient (Wildman–Crippen LogP) is 4.44. The third-order valence-corrected chi connectivity index (χ3v) is 6.01. The summed E-state index contributed by atoms with van der Waals surface area (Å²) in [5.74, 6) is 0.848. The maximum absolute atomic E-state index is 12.7. The number of amides is 2. The lowest BCUT2D eigenvalue weighted by molar-refractivity contribution is 0.195. The molecule has 3 rings (SSSR count). The van der Waals surface area contributed by atoms with Crippen LogP contribution in [0.2, 0.25) is 0 Å². The van der Waals surface area contributed by atoms with Gasteiger partial charge in [-0.05, 0) is 55.3 Å². The Morgan fingerprint density at radius 2 is 1.86 bits per heavy atom. The Balaban J connectivity index is 1.63. The zero-order chi connectivity index (χ0) is 19.9. The van der Waals surface area contributed by atoms with Crippen molar-refractivity contribution in [3.8, 4) is 5.75 Å². The molecule has 2 aromatic carbocycles. The second-order valence-electron chi connectivity index (χ2n) is 7.17. The summed E-state index contributed by atoms with van der Waals surface area (Å²) >= 11 is 3.55. The number of hydrogen-bond donors (Lipinski definition) is 1. The number of benzene rings is 2. The zero-order valence-corrected chi connectivity index (χ0v) is 18.1. The Labute approximate surface area is 175 Å². The quantitative estimate of drug-likeness (QED) is 0.684. The minimum Gasteiger partial charge on any atom is -0.497 e. The minimum absolute atomic E-state index is 0.0616. The molecule has 1 aliphatic heterocycles. The molecule has 1 N–H and O–H groups in total. The number of rotatable bonds is 7. The normalized spacial score (nSPS) is 15.2. The molecule has 1 unspecified atom stereocenters. The van der Waals surface area contributed by atoms with Crippen molar-refractivity contribution in [1.82, 2.24) is 15.1 Å². The molecule has 150 valence electrons. The Kier molecular flexibility index (Phi) is 7.34. The summed E-state index contributed by atoms with van der Waals surface area (Å²) in [7, 11) is 3.50. The van der Waals surface area contributed by atoms with Crippen LogP contribution in [0.3, 0.4) is 0 Å². The van der Waals surface area contributed by atoms with Gasteiger partial charge in [-0.25, -0.2) is 4.79 Å². The van der Waals surface area contributed by atoms with Gasteiger partial charge in [-0.1, -0.05) is 46.3 Å². The van der Waals surface area contributed by atoms with Gasteiger partial charge in [0.1, 0.15) is 5.75 Å². The van der Waals surface area contributed by atoms with E-state index in [1.807, 2.05) is 43.4 Å². The second kappa shape index (κ2) is 9.94. The van der Waals surface area contributed by atoms with Crippen LogP contribution in [0, 0.1) is 0 Å². The average Bonchev–Trinajstić information content (AvgIpc) is 3.24. The molecule has 2 amide bonds. The SMILES string of the molecule is COc1ccc(C(CNC(=O)N(C)Cc2ccccc2Br)N2CCCC2)cc1. The van der Waals surface area contributed by atoms with Crippen LogP contribution in [-0.4, -0.2) is 49.6 Å². The number of carbonyl (C=O) groups is 1. The number of ether oxygens (including phenoxy) is 1. The fraction of sp³-hybridized carbons (Fsp3) is 0.409. The second-order valence-corrected chi connectivity index (χ2v) is 8.02. The molecule has 0 aromatic heterocycles. The molecule has 1 aliphatic rings. The van der Waals surface area contributed by atoms with E-state index in [1.54, 1.807) is 12.0 Å².